The Morgan fingerprint density at radius 2 is 0.464 bits per heavy atom. The fourth-order valence-corrected chi connectivity index (χ4v) is 14.8. The van der Waals surface area contributed by atoms with Gasteiger partial charge in [-0.15, -0.1) is 0 Å². The van der Waals surface area contributed by atoms with Gasteiger partial charge in [0.1, 0.15) is 0 Å². The fourth-order valence-electron chi connectivity index (χ4n) is 14.8. The molecule has 0 amide bonds. The Labute approximate surface area is 623 Å². The Hall–Kier alpha value is -7.43. The molecule has 0 heterocycles. The molecule has 0 aliphatic rings. The van der Waals surface area contributed by atoms with Crippen LogP contribution in [0.2, 0.25) is 0 Å². The summed E-state index contributed by atoms with van der Waals surface area (Å²) in [6, 6.07) is 57.4. The fraction of sp³-hybridized carbons (Fsp3) is 0.333. The number of benzene rings is 10. The number of aryl methyl sites for hydroxylation is 12. The summed E-state index contributed by atoms with van der Waals surface area (Å²) in [6.45, 7) is 53.5. The zero-order valence-corrected chi connectivity index (χ0v) is 67.3. The number of hydrogen-bond donors (Lipinski definition) is 0. The summed E-state index contributed by atoms with van der Waals surface area (Å²) in [5, 5.41) is 19.1. The van der Waals surface area contributed by atoms with Crippen LogP contribution in [0.15, 0.2) is 178 Å². The molecular weight excluding hydrogens is 1300 g/mol. The van der Waals surface area contributed by atoms with E-state index in [0.717, 1.165) is 56.1 Å². The number of nitrogens with zero attached hydrogens (tertiary/aromatic N) is 6. The third-order valence-corrected chi connectivity index (χ3v) is 19.1. The standard InChI is InChI=1S/2C45H52N3.Ba/c2*1-26(2)35-24-39(27(3)4)44(40(25-35)28(5)6)36-16-13-14-19-41(36)46-48-47-45-37(42-31(9)20-29(7)21-32(42)10)17-15-18-38(45)43-33(11)22-30(8)23-34(43)12;/h2*13-28H,1-12H3;/q2*-1;+2. The topological polar surface area (TPSA) is 77.6 Å². The van der Waals surface area contributed by atoms with Crippen LogP contribution < -0.4 is 0 Å². The third-order valence-electron chi connectivity index (χ3n) is 19.1. The monoisotopic (exact) mass is 1410 g/mol. The van der Waals surface area contributed by atoms with E-state index in [1.807, 2.05) is 12.1 Å². The van der Waals surface area contributed by atoms with Crippen molar-refractivity contribution in [3.63, 3.8) is 0 Å². The maximum Gasteiger partial charge on any atom is 2.00 e. The van der Waals surface area contributed by atoms with Crippen molar-refractivity contribution in [3.05, 3.63) is 269 Å². The van der Waals surface area contributed by atoms with Crippen LogP contribution in [0.1, 0.15) is 219 Å². The molecule has 0 atom stereocenters. The average Bonchev–Trinajstić information content (AvgIpc) is 0.664. The average molecular weight is 1410 g/mol. The summed E-state index contributed by atoms with van der Waals surface area (Å²) in [7, 11) is 0. The van der Waals surface area contributed by atoms with Crippen LogP contribution in [-0.2, 0) is 0 Å². The molecule has 0 unspecified atom stereocenters. The first kappa shape index (κ1) is 75.3. The maximum absolute atomic E-state index is 5.01. The zero-order valence-electron chi connectivity index (χ0n) is 62.9. The minimum absolute atomic E-state index is 0. The van der Waals surface area contributed by atoms with Gasteiger partial charge in [-0.2, -0.15) is 0 Å². The quantitative estimate of drug-likeness (QED) is 0.0466. The molecule has 6 nitrogen and oxygen atoms in total. The van der Waals surface area contributed by atoms with E-state index in [9.17, 15) is 0 Å². The van der Waals surface area contributed by atoms with E-state index in [-0.39, 0.29) is 48.9 Å². The van der Waals surface area contributed by atoms with E-state index in [0.29, 0.717) is 35.5 Å². The molecule has 0 radical (unpaired) electrons. The van der Waals surface area contributed by atoms with E-state index in [4.69, 9.17) is 21.1 Å². The molecule has 0 saturated carbocycles. The molecule has 7 heteroatoms. The Morgan fingerprint density at radius 3 is 0.680 bits per heavy atom. The summed E-state index contributed by atoms with van der Waals surface area (Å²) in [5.74, 6) is 2.37. The second kappa shape index (κ2) is 32.5. The molecule has 97 heavy (non-hydrogen) atoms. The normalized spacial score (nSPS) is 11.7. The molecule has 10 aromatic rings. The van der Waals surface area contributed by atoms with Gasteiger partial charge in [-0.25, -0.2) is 0 Å². The van der Waals surface area contributed by atoms with Crippen molar-refractivity contribution in [1.29, 1.82) is 0 Å². The summed E-state index contributed by atoms with van der Waals surface area (Å²) in [5.41, 5.74) is 50.2. The van der Waals surface area contributed by atoms with E-state index >= 15 is 0 Å². The molecule has 0 aliphatic heterocycles. The van der Waals surface area contributed by atoms with E-state index in [1.165, 1.54) is 134 Å². The molecule has 0 spiro atoms. The van der Waals surface area contributed by atoms with Crippen molar-refractivity contribution >= 4 is 71.6 Å². The van der Waals surface area contributed by atoms with Gasteiger partial charge >= 0.3 is 48.9 Å². The first-order valence-electron chi connectivity index (χ1n) is 34.9. The van der Waals surface area contributed by atoms with Crippen molar-refractivity contribution in [2.45, 2.75) is 202 Å². The predicted molar refractivity (Wildman–Crippen MR) is 421 cm³/mol. The second-order valence-electron chi connectivity index (χ2n) is 29.2. The van der Waals surface area contributed by atoms with Gasteiger partial charge in [0.25, 0.3) is 0 Å². The minimum atomic E-state index is 0. The largest absolute Gasteiger partial charge is 2.00 e. The number of rotatable bonds is 18. The van der Waals surface area contributed by atoms with E-state index in [2.05, 4.69) is 322 Å². The molecule has 496 valence electrons. The zero-order chi connectivity index (χ0) is 69.7. The summed E-state index contributed by atoms with van der Waals surface area (Å²) < 4.78 is 0. The molecule has 10 rings (SSSR count). The van der Waals surface area contributed by atoms with Gasteiger partial charge in [-0.1, -0.05) is 263 Å². The van der Waals surface area contributed by atoms with Crippen molar-refractivity contribution in [3.8, 4) is 66.8 Å². The Balaban J connectivity index is 0.000000245. The summed E-state index contributed by atoms with van der Waals surface area (Å²) in [6.07, 6.45) is 0. The third kappa shape index (κ3) is 16.8. The second-order valence-corrected chi connectivity index (χ2v) is 29.2. The molecule has 0 aliphatic carbocycles. The minimum Gasteiger partial charge on any atom is -0.350 e. The van der Waals surface area contributed by atoms with Crippen molar-refractivity contribution in [1.82, 2.24) is 0 Å². The van der Waals surface area contributed by atoms with Crippen molar-refractivity contribution in [2.75, 3.05) is 0 Å². The van der Waals surface area contributed by atoms with Crippen LogP contribution >= 0.6 is 0 Å². The van der Waals surface area contributed by atoms with Crippen LogP contribution in [0.5, 0.6) is 0 Å². The maximum atomic E-state index is 5.01. The first-order chi connectivity index (χ1) is 45.6. The van der Waals surface area contributed by atoms with Gasteiger partial charge < -0.3 is 21.1 Å². The van der Waals surface area contributed by atoms with Crippen LogP contribution in [-0.4, -0.2) is 48.9 Å². The molecular formula is C90H104BaN6. The van der Waals surface area contributed by atoms with Gasteiger partial charge in [0.15, 0.2) is 0 Å². The molecule has 0 saturated heterocycles. The SMILES string of the molecule is Cc1cc(C)c(-c2cccc(-c3c(C)cc(C)cc3C)c2[N-]N=Nc2ccccc2-c2c(C(C)C)cc(C(C)C)cc2C(C)C)c(C)c1.Cc1cc(C)c(-c2cccc(-c3c(C)cc(C)cc3C)c2[N-]N=Nc2ccccc2-c2c(C(C)C)cc(C(C)C)cc2C(C)C)c(C)c1.[Ba+2]. The van der Waals surface area contributed by atoms with Crippen LogP contribution in [0, 0.1) is 83.1 Å². The van der Waals surface area contributed by atoms with Crippen LogP contribution in [0.4, 0.5) is 22.7 Å². The smallest absolute Gasteiger partial charge is 0.350 e. The van der Waals surface area contributed by atoms with Gasteiger partial charge in [-0.3, -0.25) is 10.4 Å². The van der Waals surface area contributed by atoms with Gasteiger partial charge in [-0.05, 0) is 286 Å². The van der Waals surface area contributed by atoms with Gasteiger partial charge in [0.2, 0.25) is 0 Å². The summed E-state index contributed by atoms with van der Waals surface area (Å²) >= 11 is 0. The Kier molecular flexibility index (Phi) is 25.2. The first-order valence-corrected chi connectivity index (χ1v) is 34.9. The Morgan fingerprint density at radius 1 is 0.247 bits per heavy atom. The Bertz CT molecular complexity index is 3980. The van der Waals surface area contributed by atoms with Crippen LogP contribution in [0.3, 0.4) is 0 Å². The summed E-state index contributed by atoms with van der Waals surface area (Å²) in [4.78, 5) is 0. The molecule has 0 aromatic heterocycles. The molecule has 10 aromatic carbocycles. The van der Waals surface area contributed by atoms with Crippen molar-refractivity contribution in [2.24, 2.45) is 20.7 Å². The van der Waals surface area contributed by atoms with Gasteiger partial charge in [0, 0.05) is 0 Å². The molecule has 0 fully saturated rings. The van der Waals surface area contributed by atoms with Crippen molar-refractivity contribution < 1.29 is 0 Å². The van der Waals surface area contributed by atoms with E-state index < -0.39 is 0 Å². The molecule has 0 N–H and O–H groups in total. The van der Waals surface area contributed by atoms with Crippen LogP contribution in [0.25, 0.3) is 77.6 Å². The predicted octanol–water partition coefficient (Wildman–Crippen LogP) is 28.8. The van der Waals surface area contributed by atoms with Gasteiger partial charge in [0.05, 0.1) is 0 Å². The molecule has 0 bridgehead atoms. The van der Waals surface area contributed by atoms with E-state index in [1.54, 1.807) is 0 Å². The number of hydrogen-bond acceptors (Lipinski definition) is 4.